The zero-order chi connectivity index (χ0) is 15.1. The van der Waals surface area contributed by atoms with E-state index in [0.717, 1.165) is 36.3 Å². The van der Waals surface area contributed by atoms with Gasteiger partial charge in [0.2, 0.25) is 0 Å². The van der Waals surface area contributed by atoms with Crippen molar-refractivity contribution in [3.05, 3.63) is 65.2 Å². The van der Waals surface area contributed by atoms with E-state index in [4.69, 9.17) is 16.3 Å². The van der Waals surface area contributed by atoms with Crippen molar-refractivity contribution in [3.63, 3.8) is 0 Å². The summed E-state index contributed by atoms with van der Waals surface area (Å²) in [6, 6.07) is 16.7. The lowest BCUT2D eigenvalue weighted by Crippen LogP contribution is -1.98. The number of hydrogen-bond donors (Lipinski definition) is 0. The van der Waals surface area contributed by atoms with Crippen LogP contribution >= 0.6 is 11.6 Å². The Morgan fingerprint density at radius 1 is 0.952 bits per heavy atom. The summed E-state index contributed by atoms with van der Waals surface area (Å²) in [5.74, 6) is 0.891. The van der Waals surface area contributed by atoms with Gasteiger partial charge in [-0.25, -0.2) is 0 Å². The summed E-state index contributed by atoms with van der Waals surface area (Å²) < 4.78 is 5.67. The number of ether oxygens (including phenoxy) is 1. The lowest BCUT2D eigenvalue weighted by atomic mass is 10.0. The van der Waals surface area contributed by atoms with E-state index in [0.29, 0.717) is 0 Å². The van der Waals surface area contributed by atoms with E-state index < -0.39 is 0 Å². The molecule has 2 heteroatoms. The second-order valence-corrected chi connectivity index (χ2v) is 5.71. The summed E-state index contributed by atoms with van der Waals surface area (Å²) in [4.78, 5) is 0. The van der Waals surface area contributed by atoms with Gasteiger partial charge in [0.1, 0.15) is 5.75 Å². The Kier molecular flexibility index (Phi) is 6.13. The zero-order valence-electron chi connectivity index (χ0n) is 12.8. The third kappa shape index (κ3) is 4.50. The van der Waals surface area contributed by atoms with Crippen LogP contribution in [0.1, 0.15) is 48.8 Å². The second-order valence-electron chi connectivity index (χ2n) is 5.28. The maximum Gasteiger partial charge on any atom is 0.119 e. The summed E-state index contributed by atoms with van der Waals surface area (Å²) in [5.41, 5.74) is 3.57. The minimum Gasteiger partial charge on any atom is -0.494 e. The van der Waals surface area contributed by atoms with E-state index in [9.17, 15) is 0 Å². The van der Waals surface area contributed by atoms with Gasteiger partial charge in [-0.3, -0.25) is 0 Å². The number of alkyl halides is 1. The third-order valence-electron chi connectivity index (χ3n) is 3.43. The first-order valence-corrected chi connectivity index (χ1v) is 8.14. The molecule has 0 N–H and O–H groups in total. The fourth-order valence-electron chi connectivity index (χ4n) is 2.32. The lowest BCUT2D eigenvalue weighted by Gasteiger charge is -2.13. The van der Waals surface area contributed by atoms with Crippen molar-refractivity contribution < 1.29 is 4.74 Å². The van der Waals surface area contributed by atoms with Gasteiger partial charge in [-0.15, -0.1) is 11.6 Å². The zero-order valence-corrected chi connectivity index (χ0v) is 13.6. The van der Waals surface area contributed by atoms with Gasteiger partial charge < -0.3 is 4.74 Å². The Labute approximate surface area is 132 Å². The Bertz CT molecular complexity index is 548. The molecule has 0 fully saturated rings. The van der Waals surface area contributed by atoms with Gasteiger partial charge in [-0.1, -0.05) is 56.7 Å². The SMILES string of the molecule is CCCOc1cccc(C(Cl)c2ccc(CCC)cc2)c1. The fourth-order valence-corrected chi connectivity index (χ4v) is 2.60. The Hall–Kier alpha value is -1.47. The Morgan fingerprint density at radius 3 is 2.38 bits per heavy atom. The van der Waals surface area contributed by atoms with E-state index in [1.807, 2.05) is 18.2 Å². The molecule has 1 atom stereocenters. The van der Waals surface area contributed by atoms with Crippen LogP contribution in [0.15, 0.2) is 48.5 Å². The minimum absolute atomic E-state index is 0.133. The second kappa shape index (κ2) is 8.09. The highest BCUT2D eigenvalue weighted by Gasteiger charge is 2.11. The molecule has 2 aromatic rings. The van der Waals surface area contributed by atoms with Crippen molar-refractivity contribution in [1.82, 2.24) is 0 Å². The van der Waals surface area contributed by atoms with Crippen molar-refractivity contribution in [2.24, 2.45) is 0 Å². The molecule has 2 rings (SSSR count). The molecule has 0 radical (unpaired) electrons. The van der Waals surface area contributed by atoms with Gasteiger partial charge in [-0.2, -0.15) is 0 Å². The molecule has 0 spiro atoms. The topological polar surface area (TPSA) is 9.23 Å². The van der Waals surface area contributed by atoms with Gasteiger partial charge in [0.25, 0.3) is 0 Å². The van der Waals surface area contributed by atoms with Crippen LogP contribution in [-0.4, -0.2) is 6.61 Å². The molecule has 0 amide bonds. The first-order valence-electron chi connectivity index (χ1n) is 7.70. The van der Waals surface area contributed by atoms with Gasteiger partial charge in [-0.05, 0) is 41.7 Å². The molecule has 0 saturated heterocycles. The van der Waals surface area contributed by atoms with Crippen LogP contribution in [0.3, 0.4) is 0 Å². The average Bonchev–Trinajstić information content (AvgIpc) is 2.53. The predicted molar refractivity (Wildman–Crippen MR) is 90.4 cm³/mol. The predicted octanol–water partition coefficient (Wildman–Crippen LogP) is 5.76. The Morgan fingerprint density at radius 2 is 1.71 bits per heavy atom. The highest BCUT2D eigenvalue weighted by Crippen LogP contribution is 2.31. The molecule has 0 heterocycles. The van der Waals surface area contributed by atoms with Crippen molar-refractivity contribution in [2.75, 3.05) is 6.61 Å². The average molecular weight is 303 g/mol. The standard InChI is InChI=1S/C19H23ClO/c1-3-6-15-9-11-16(12-10-15)19(20)17-7-5-8-18(14-17)21-13-4-2/h5,7-12,14,19H,3-4,6,13H2,1-2H3. The van der Waals surface area contributed by atoms with Crippen LogP contribution < -0.4 is 4.74 Å². The first kappa shape index (κ1) is 15.9. The maximum absolute atomic E-state index is 6.61. The van der Waals surface area contributed by atoms with E-state index in [-0.39, 0.29) is 5.38 Å². The number of rotatable bonds is 7. The summed E-state index contributed by atoms with van der Waals surface area (Å²) in [6.07, 6.45) is 3.29. The summed E-state index contributed by atoms with van der Waals surface area (Å²) in [7, 11) is 0. The van der Waals surface area contributed by atoms with Crippen molar-refractivity contribution in [3.8, 4) is 5.75 Å². The highest BCUT2D eigenvalue weighted by molar-refractivity contribution is 6.22. The monoisotopic (exact) mass is 302 g/mol. The van der Waals surface area contributed by atoms with Crippen LogP contribution in [0, 0.1) is 0 Å². The molecular weight excluding hydrogens is 280 g/mol. The summed E-state index contributed by atoms with van der Waals surface area (Å²) >= 11 is 6.61. The Balaban J connectivity index is 2.13. The highest BCUT2D eigenvalue weighted by atomic mass is 35.5. The molecule has 0 bridgehead atoms. The molecule has 112 valence electrons. The maximum atomic E-state index is 6.61. The third-order valence-corrected chi connectivity index (χ3v) is 3.94. The van der Waals surface area contributed by atoms with E-state index >= 15 is 0 Å². The van der Waals surface area contributed by atoms with Crippen molar-refractivity contribution >= 4 is 11.6 Å². The molecule has 0 aliphatic carbocycles. The minimum atomic E-state index is -0.133. The number of hydrogen-bond acceptors (Lipinski definition) is 1. The molecule has 2 aromatic carbocycles. The summed E-state index contributed by atoms with van der Waals surface area (Å²) in [5, 5.41) is -0.133. The molecule has 21 heavy (non-hydrogen) atoms. The van der Waals surface area contributed by atoms with E-state index in [1.54, 1.807) is 0 Å². The van der Waals surface area contributed by atoms with Gasteiger partial charge in [0.05, 0.1) is 12.0 Å². The molecule has 0 aliphatic heterocycles. The first-order chi connectivity index (χ1) is 10.2. The molecular formula is C19H23ClO. The summed E-state index contributed by atoms with van der Waals surface area (Å²) in [6.45, 7) is 5.04. The molecule has 1 nitrogen and oxygen atoms in total. The van der Waals surface area contributed by atoms with Crippen LogP contribution in [0.2, 0.25) is 0 Å². The lowest BCUT2D eigenvalue weighted by molar-refractivity contribution is 0.317. The van der Waals surface area contributed by atoms with Crippen LogP contribution in [-0.2, 0) is 6.42 Å². The van der Waals surface area contributed by atoms with Gasteiger partial charge >= 0.3 is 0 Å². The van der Waals surface area contributed by atoms with Gasteiger partial charge in [0, 0.05) is 0 Å². The van der Waals surface area contributed by atoms with Crippen LogP contribution in [0.25, 0.3) is 0 Å². The normalized spacial score (nSPS) is 12.1. The fraction of sp³-hybridized carbons (Fsp3) is 0.368. The largest absolute Gasteiger partial charge is 0.494 e. The molecule has 0 aliphatic rings. The molecule has 0 aromatic heterocycles. The van der Waals surface area contributed by atoms with Crippen molar-refractivity contribution in [1.29, 1.82) is 0 Å². The van der Waals surface area contributed by atoms with E-state index in [1.165, 1.54) is 12.0 Å². The smallest absolute Gasteiger partial charge is 0.119 e. The number of benzene rings is 2. The van der Waals surface area contributed by atoms with Gasteiger partial charge in [0.15, 0.2) is 0 Å². The van der Waals surface area contributed by atoms with Crippen molar-refractivity contribution in [2.45, 2.75) is 38.5 Å². The van der Waals surface area contributed by atoms with Crippen LogP contribution in [0.5, 0.6) is 5.75 Å². The van der Waals surface area contributed by atoms with Crippen LogP contribution in [0.4, 0.5) is 0 Å². The number of halogens is 1. The molecule has 1 unspecified atom stereocenters. The quantitative estimate of drug-likeness (QED) is 0.591. The molecule has 0 saturated carbocycles. The van der Waals surface area contributed by atoms with E-state index in [2.05, 4.69) is 44.2 Å². The number of aryl methyl sites for hydroxylation is 1.